The van der Waals surface area contributed by atoms with Crippen LogP contribution in [-0.2, 0) is 20.8 Å². The van der Waals surface area contributed by atoms with Crippen molar-refractivity contribution in [1.29, 1.82) is 0 Å². The zero-order valence-corrected chi connectivity index (χ0v) is 25.5. The fraction of sp³-hybridized carbons (Fsp3) is 0.462. The van der Waals surface area contributed by atoms with E-state index in [1.165, 1.54) is 7.11 Å². The quantitative estimate of drug-likeness (QED) is 0.174. The molecule has 2 amide bonds. The van der Waals surface area contributed by atoms with E-state index in [9.17, 15) is 9.59 Å². The van der Waals surface area contributed by atoms with Crippen molar-refractivity contribution in [2.75, 3.05) is 58.3 Å². The molecule has 2 aromatic heterocycles. The Morgan fingerprint density at radius 2 is 1.79 bits per heavy atom. The smallest absolute Gasteiger partial charge is 0.272 e. The summed E-state index contributed by atoms with van der Waals surface area (Å²) in [5.74, 6) is 0.839. The number of ether oxygens (including phenoxy) is 3. The third kappa shape index (κ3) is 9.02. The number of aromatic nitrogens is 4. The van der Waals surface area contributed by atoms with Crippen LogP contribution in [0, 0.1) is 5.92 Å². The first-order valence-corrected chi connectivity index (χ1v) is 14.1. The van der Waals surface area contributed by atoms with E-state index >= 15 is 0 Å². The summed E-state index contributed by atoms with van der Waals surface area (Å²) < 4.78 is 21.8. The lowest BCUT2D eigenvalue weighted by atomic mass is 9.49. The van der Waals surface area contributed by atoms with E-state index in [0.29, 0.717) is 61.4 Å². The molecule has 2 heterocycles. The van der Waals surface area contributed by atoms with Gasteiger partial charge in [0.1, 0.15) is 23.5 Å². The number of anilines is 3. The molecule has 226 valence electrons. The first-order chi connectivity index (χ1) is 20.6. The number of nitrogens with one attached hydrogen (secondary N) is 3. The molecule has 4 rings (SSSR count). The van der Waals surface area contributed by atoms with Crippen molar-refractivity contribution < 1.29 is 28.3 Å². The summed E-state index contributed by atoms with van der Waals surface area (Å²) in [6.45, 7) is 2.92. The molecular formula is C26H37B3N8O6. The molecule has 3 N–H and O–H groups in total. The standard InChI is InChI=1S/C26H37B3N8O6/c1-40-11-9-37(10-12-41-2)14-20-32-25(43-36-20)16-5-4-6-17(22(16)42-3)30-18-13-19(31-23(38)15-7-8-15)34-35-21(18)24(39)33-26(27,28)29/h4-6,13,15H,7-12,14,27-29H2,1-3H3,(H,33,39)(H2,30,31,34,38). The molecule has 0 saturated heterocycles. The number of para-hydroxylation sites is 1. The van der Waals surface area contributed by atoms with E-state index in [0.717, 1.165) is 12.8 Å². The number of methoxy groups -OCH3 is 3. The molecule has 0 unspecified atom stereocenters. The van der Waals surface area contributed by atoms with Crippen LogP contribution in [0.1, 0.15) is 29.2 Å². The van der Waals surface area contributed by atoms with Crippen LogP contribution in [0.3, 0.4) is 0 Å². The highest BCUT2D eigenvalue weighted by atomic mass is 16.5. The summed E-state index contributed by atoms with van der Waals surface area (Å²) in [6, 6.07) is 6.96. The summed E-state index contributed by atoms with van der Waals surface area (Å²) in [5, 5.41) is 20.8. The first-order valence-electron chi connectivity index (χ1n) is 14.1. The summed E-state index contributed by atoms with van der Waals surface area (Å²) in [5.41, 5.74) is 1.45. The normalized spacial score (nSPS) is 13.1. The van der Waals surface area contributed by atoms with E-state index in [1.54, 1.807) is 38.5 Å². The highest BCUT2D eigenvalue weighted by Crippen LogP contribution is 2.38. The molecule has 14 nitrogen and oxygen atoms in total. The van der Waals surface area contributed by atoms with Crippen LogP contribution in [-0.4, -0.2) is 113 Å². The van der Waals surface area contributed by atoms with Crippen LogP contribution in [0.4, 0.5) is 17.2 Å². The number of rotatable bonds is 16. The fourth-order valence-corrected chi connectivity index (χ4v) is 4.20. The van der Waals surface area contributed by atoms with Crippen LogP contribution in [0.25, 0.3) is 11.5 Å². The van der Waals surface area contributed by atoms with E-state index in [-0.39, 0.29) is 29.2 Å². The molecule has 0 atom stereocenters. The van der Waals surface area contributed by atoms with Crippen molar-refractivity contribution in [2.45, 2.75) is 24.6 Å². The molecular weight excluding hydrogens is 553 g/mol. The van der Waals surface area contributed by atoms with Crippen LogP contribution < -0.4 is 20.7 Å². The summed E-state index contributed by atoms with van der Waals surface area (Å²) in [7, 11) is 10.4. The summed E-state index contributed by atoms with van der Waals surface area (Å²) in [4.78, 5) is 32.3. The van der Waals surface area contributed by atoms with Crippen molar-refractivity contribution in [2.24, 2.45) is 5.92 Å². The zero-order chi connectivity index (χ0) is 31.0. The molecule has 0 bridgehead atoms. The lowest BCUT2D eigenvalue weighted by Crippen LogP contribution is -2.50. The molecule has 3 aromatic rings. The third-order valence-corrected chi connectivity index (χ3v) is 6.47. The average molecular weight is 590 g/mol. The molecule has 1 saturated carbocycles. The Labute approximate surface area is 253 Å². The van der Waals surface area contributed by atoms with Crippen molar-refractivity contribution in [3.05, 3.63) is 35.8 Å². The lowest BCUT2D eigenvalue weighted by Gasteiger charge is -2.21. The van der Waals surface area contributed by atoms with Gasteiger partial charge in [0.15, 0.2) is 23.1 Å². The van der Waals surface area contributed by atoms with E-state index in [1.807, 2.05) is 23.5 Å². The maximum atomic E-state index is 13.2. The van der Waals surface area contributed by atoms with Gasteiger partial charge in [-0.1, -0.05) is 11.2 Å². The third-order valence-electron chi connectivity index (χ3n) is 6.47. The predicted molar refractivity (Wildman–Crippen MR) is 168 cm³/mol. The number of carbonyl (C=O) groups is 2. The van der Waals surface area contributed by atoms with Gasteiger partial charge in [-0.15, -0.1) is 10.2 Å². The minimum Gasteiger partial charge on any atom is -0.494 e. The molecule has 1 aromatic carbocycles. The average Bonchev–Trinajstić information content (AvgIpc) is 3.72. The molecule has 1 aliphatic rings. The van der Waals surface area contributed by atoms with Gasteiger partial charge in [0.2, 0.25) is 5.91 Å². The highest BCUT2D eigenvalue weighted by Gasteiger charge is 2.30. The van der Waals surface area contributed by atoms with Crippen LogP contribution >= 0.6 is 0 Å². The summed E-state index contributed by atoms with van der Waals surface area (Å²) in [6.07, 6.45) is 1.69. The van der Waals surface area contributed by atoms with Gasteiger partial charge in [-0.2, -0.15) is 4.98 Å². The number of nitrogens with zero attached hydrogens (tertiary/aromatic N) is 5. The fourth-order valence-electron chi connectivity index (χ4n) is 4.20. The Kier molecular flexibility index (Phi) is 10.8. The lowest BCUT2D eigenvalue weighted by molar-refractivity contribution is -0.117. The largest absolute Gasteiger partial charge is 0.494 e. The van der Waals surface area contributed by atoms with Gasteiger partial charge in [-0.25, -0.2) is 0 Å². The minimum atomic E-state index is -0.509. The van der Waals surface area contributed by atoms with Crippen LogP contribution in [0.5, 0.6) is 5.75 Å². The predicted octanol–water partition coefficient (Wildman–Crippen LogP) is -1.04. The second-order valence-corrected chi connectivity index (χ2v) is 11.2. The Hall–Kier alpha value is -3.95. The molecule has 0 spiro atoms. The number of amides is 2. The maximum absolute atomic E-state index is 13.2. The van der Waals surface area contributed by atoms with Gasteiger partial charge in [0.05, 0.1) is 43.8 Å². The Bertz CT molecular complexity index is 1410. The topological polar surface area (TPSA) is 166 Å². The number of benzene rings is 1. The van der Waals surface area contributed by atoms with E-state index < -0.39 is 11.1 Å². The van der Waals surface area contributed by atoms with Gasteiger partial charge >= 0.3 is 0 Å². The van der Waals surface area contributed by atoms with Crippen molar-refractivity contribution in [1.82, 2.24) is 30.6 Å². The monoisotopic (exact) mass is 590 g/mol. The molecule has 1 aliphatic carbocycles. The highest BCUT2D eigenvalue weighted by molar-refractivity contribution is 6.60. The molecule has 0 aliphatic heterocycles. The molecule has 0 radical (unpaired) electrons. The second-order valence-electron chi connectivity index (χ2n) is 11.2. The molecule has 1 fully saturated rings. The SMILES string of the molecule is BC(B)(B)NC(=O)c1nnc(NC(=O)C2CC2)cc1Nc1cccc(-c2nc(CN(CCOC)CCOC)no2)c1OC. The van der Waals surface area contributed by atoms with Gasteiger partial charge in [-0.3, -0.25) is 14.5 Å². The Morgan fingerprint density at radius 1 is 1.07 bits per heavy atom. The van der Waals surface area contributed by atoms with Gasteiger partial charge in [0, 0.05) is 39.3 Å². The van der Waals surface area contributed by atoms with Crippen molar-refractivity contribution in [3.8, 4) is 17.2 Å². The molecule has 17 heteroatoms. The van der Waals surface area contributed by atoms with Gasteiger partial charge in [0.25, 0.3) is 11.8 Å². The summed E-state index contributed by atoms with van der Waals surface area (Å²) >= 11 is 0. The number of hydrogen-bond acceptors (Lipinski definition) is 12. The number of carbonyl (C=O) groups excluding carboxylic acids is 2. The zero-order valence-electron chi connectivity index (χ0n) is 25.5. The van der Waals surface area contributed by atoms with E-state index in [2.05, 4.69) is 41.2 Å². The Balaban J connectivity index is 1.62. The minimum absolute atomic E-state index is 0.0230. The van der Waals surface area contributed by atoms with Crippen LogP contribution in [0.2, 0.25) is 0 Å². The number of hydrogen-bond donors (Lipinski definition) is 3. The first kappa shape index (κ1) is 32.0. The Morgan fingerprint density at radius 3 is 2.42 bits per heavy atom. The van der Waals surface area contributed by atoms with Gasteiger partial charge in [-0.05, 0) is 30.2 Å². The van der Waals surface area contributed by atoms with E-state index in [4.69, 9.17) is 18.7 Å². The maximum Gasteiger partial charge on any atom is 0.272 e. The molecule has 43 heavy (non-hydrogen) atoms. The van der Waals surface area contributed by atoms with Gasteiger partial charge < -0.3 is 34.7 Å². The van der Waals surface area contributed by atoms with Crippen molar-refractivity contribution >= 4 is 52.5 Å². The second kappa shape index (κ2) is 14.5. The van der Waals surface area contributed by atoms with Crippen molar-refractivity contribution in [3.63, 3.8) is 0 Å². The van der Waals surface area contributed by atoms with Crippen LogP contribution in [0.15, 0.2) is 28.8 Å².